The minimum Gasteiger partial charge on any atom is -0.390 e. The second kappa shape index (κ2) is 7.55. The third kappa shape index (κ3) is 3.74. The molecule has 0 bridgehead atoms. The SMILES string of the molecule is CC1CCN(c2ncc(Sc3ccnc(N)c3Cl)nc2CO)CC1. The predicted molar refractivity (Wildman–Crippen MR) is 96.3 cm³/mol. The van der Waals surface area contributed by atoms with Gasteiger partial charge in [0, 0.05) is 24.2 Å². The van der Waals surface area contributed by atoms with Gasteiger partial charge in [-0.25, -0.2) is 15.0 Å². The molecule has 0 unspecified atom stereocenters. The van der Waals surface area contributed by atoms with E-state index in [0.717, 1.165) is 42.6 Å². The van der Waals surface area contributed by atoms with E-state index in [1.165, 1.54) is 11.8 Å². The summed E-state index contributed by atoms with van der Waals surface area (Å²) in [6.07, 6.45) is 5.58. The molecule has 0 amide bonds. The van der Waals surface area contributed by atoms with E-state index in [2.05, 4.69) is 26.8 Å². The molecule has 2 aromatic heterocycles. The first-order valence-corrected chi connectivity index (χ1v) is 9.07. The Morgan fingerprint density at radius 2 is 2.12 bits per heavy atom. The smallest absolute Gasteiger partial charge is 0.152 e. The van der Waals surface area contributed by atoms with Crippen LogP contribution >= 0.6 is 23.4 Å². The number of piperidine rings is 1. The molecule has 0 aliphatic carbocycles. The lowest BCUT2D eigenvalue weighted by Crippen LogP contribution is -2.34. The van der Waals surface area contributed by atoms with Crippen molar-refractivity contribution in [3.63, 3.8) is 0 Å². The molecular weight excluding hydrogens is 346 g/mol. The molecule has 3 rings (SSSR count). The molecule has 0 aromatic carbocycles. The van der Waals surface area contributed by atoms with Crippen LogP contribution in [-0.2, 0) is 6.61 Å². The molecule has 1 aliphatic heterocycles. The van der Waals surface area contributed by atoms with Gasteiger partial charge in [0.1, 0.15) is 16.5 Å². The molecule has 0 atom stereocenters. The van der Waals surface area contributed by atoms with Crippen LogP contribution in [-0.4, -0.2) is 33.1 Å². The maximum Gasteiger partial charge on any atom is 0.152 e. The average Bonchev–Trinajstić information content (AvgIpc) is 2.60. The summed E-state index contributed by atoms with van der Waals surface area (Å²) in [6, 6.07) is 1.78. The Bertz CT molecular complexity index is 722. The van der Waals surface area contributed by atoms with E-state index in [9.17, 15) is 5.11 Å². The van der Waals surface area contributed by atoms with Crippen molar-refractivity contribution >= 4 is 35.0 Å². The third-order valence-corrected chi connectivity index (χ3v) is 5.60. The van der Waals surface area contributed by atoms with E-state index >= 15 is 0 Å². The molecule has 3 N–H and O–H groups in total. The largest absolute Gasteiger partial charge is 0.390 e. The molecule has 8 heteroatoms. The zero-order valence-corrected chi connectivity index (χ0v) is 15.0. The first kappa shape index (κ1) is 17.3. The number of anilines is 2. The van der Waals surface area contributed by atoms with Crippen molar-refractivity contribution in [2.24, 2.45) is 5.92 Å². The lowest BCUT2D eigenvalue weighted by molar-refractivity contribution is 0.275. The maximum atomic E-state index is 9.70. The van der Waals surface area contributed by atoms with Crippen LogP contribution in [0.25, 0.3) is 0 Å². The number of aliphatic hydroxyl groups excluding tert-OH is 1. The highest BCUT2D eigenvalue weighted by atomic mass is 35.5. The fourth-order valence-corrected chi connectivity index (χ4v) is 3.71. The van der Waals surface area contributed by atoms with Crippen molar-refractivity contribution in [3.8, 4) is 0 Å². The molecule has 0 spiro atoms. The van der Waals surface area contributed by atoms with E-state index < -0.39 is 0 Å². The average molecular weight is 366 g/mol. The van der Waals surface area contributed by atoms with Crippen molar-refractivity contribution in [2.75, 3.05) is 23.7 Å². The second-order valence-corrected chi connectivity index (χ2v) is 7.36. The Morgan fingerprint density at radius 3 is 2.83 bits per heavy atom. The fraction of sp³-hybridized carbons (Fsp3) is 0.438. The van der Waals surface area contributed by atoms with Gasteiger partial charge in [-0.2, -0.15) is 0 Å². The number of rotatable bonds is 4. The van der Waals surface area contributed by atoms with Gasteiger partial charge in [-0.05, 0) is 24.8 Å². The lowest BCUT2D eigenvalue weighted by atomic mass is 9.99. The number of pyridine rings is 1. The number of nitrogen functional groups attached to an aromatic ring is 1. The van der Waals surface area contributed by atoms with Gasteiger partial charge in [0.05, 0.1) is 17.8 Å². The van der Waals surface area contributed by atoms with E-state index in [1.54, 1.807) is 18.5 Å². The monoisotopic (exact) mass is 365 g/mol. The van der Waals surface area contributed by atoms with Crippen LogP contribution in [0.1, 0.15) is 25.5 Å². The minimum absolute atomic E-state index is 0.144. The number of nitrogens with zero attached hydrogens (tertiary/aromatic N) is 4. The summed E-state index contributed by atoms with van der Waals surface area (Å²) in [4.78, 5) is 16.0. The summed E-state index contributed by atoms with van der Waals surface area (Å²) in [5, 5.41) is 10.8. The number of aromatic nitrogens is 3. The van der Waals surface area contributed by atoms with Crippen molar-refractivity contribution in [3.05, 3.63) is 29.2 Å². The molecule has 0 saturated carbocycles. The number of aliphatic hydroxyl groups is 1. The van der Waals surface area contributed by atoms with Crippen molar-refractivity contribution in [1.29, 1.82) is 0 Å². The van der Waals surface area contributed by atoms with Gasteiger partial charge in [-0.3, -0.25) is 0 Å². The summed E-state index contributed by atoms with van der Waals surface area (Å²) >= 11 is 7.53. The number of halogens is 1. The Labute approximate surface area is 150 Å². The van der Waals surface area contributed by atoms with Crippen LogP contribution in [0.4, 0.5) is 11.6 Å². The zero-order valence-electron chi connectivity index (χ0n) is 13.4. The molecule has 128 valence electrons. The highest BCUT2D eigenvalue weighted by Gasteiger charge is 2.20. The third-order valence-electron chi connectivity index (χ3n) is 4.13. The highest BCUT2D eigenvalue weighted by Crippen LogP contribution is 2.35. The van der Waals surface area contributed by atoms with E-state index in [-0.39, 0.29) is 12.4 Å². The van der Waals surface area contributed by atoms with Gasteiger partial charge < -0.3 is 15.7 Å². The van der Waals surface area contributed by atoms with Crippen molar-refractivity contribution < 1.29 is 5.11 Å². The topological polar surface area (TPSA) is 88.2 Å². The van der Waals surface area contributed by atoms with Gasteiger partial charge in [0.25, 0.3) is 0 Å². The van der Waals surface area contributed by atoms with Crippen LogP contribution < -0.4 is 10.6 Å². The number of hydrogen-bond donors (Lipinski definition) is 2. The first-order valence-electron chi connectivity index (χ1n) is 7.88. The summed E-state index contributed by atoms with van der Waals surface area (Å²) in [5.74, 6) is 1.80. The van der Waals surface area contributed by atoms with E-state index in [4.69, 9.17) is 17.3 Å². The number of nitrogens with two attached hydrogens (primary N) is 1. The Morgan fingerprint density at radius 1 is 1.38 bits per heavy atom. The van der Waals surface area contributed by atoms with Gasteiger partial charge in [0.15, 0.2) is 5.82 Å². The molecule has 6 nitrogen and oxygen atoms in total. The number of hydrogen-bond acceptors (Lipinski definition) is 7. The molecule has 24 heavy (non-hydrogen) atoms. The molecule has 3 heterocycles. The lowest BCUT2D eigenvalue weighted by Gasteiger charge is -2.32. The standard InChI is InChI=1S/C16H20ClN5OS/c1-10-3-6-22(7-4-10)16-11(9-23)21-13(8-20-16)24-12-2-5-19-15(18)14(12)17/h2,5,8,10,23H,3-4,6-7,9H2,1H3,(H2,18,19). The highest BCUT2D eigenvalue weighted by molar-refractivity contribution is 7.99. The molecular formula is C16H20ClN5OS. The Kier molecular flexibility index (Phi) is 5.43. The summed E-state index contributed by atoms with van der Waals surface area (Å²) in [7, 11) is 0. The summed E-state index contributed by atoms with van der Waals surface area (Å²) in [6.45, 7) is 4.01. The van der Waals surface area contributed by atoms with Crippen LogP contribution in [0.2, 0.25) is 5.02 Å². The van der Waals surface area contributed by atoms with Gasteiger partial charge in [0.2, 0.25) is 0 Å². The summed E-state index contributed by atoms with van der Waals surface area (Å²) in [5.41, 5.74) is 6.31. The normalized spacial score (nSPS) is 15.7. The minimum atomic E-state index is -0.144. The van der Waals surface area contributed by atoms with E-state index in [1.807, 2.05) is 0 Å². The fourth-order valence-electron chi connectivity index (χ4n) is 2.68. The van der Waals surface area contributed by atoms with E-state index in [0.29, 0.717) is 15.7 Å². The molecule has 2 aromatic rings. The predicted octanol–water partition coefficient (Wildman–Crippen LogP) is 2.99. The Hall–Kier alpha value is -1.57. The van der Waals surface area contributed by atoms with Gasteiger partial charge >= 0.3 is 0 Å². The van der Waals surface area contributed by atoms with Crippen LogP contribution in [0.5, 0.6) is 0 Å². The van der Waals surface area contributed by atoms with Gasteiger partial charge in [-0.1, -0.05) is 30.3 Å². The van der Waals surface area contributed by atoms with Crippen molar-refractivity contribution in [2.45, 2.75) is 36.3 Å². The molecule has 0 radical (unpaired) electrons. The second-order valence-electron chi connectivity index (χ2n) is 5.92. The quantitative estimate of drug-likeness (QED) is 0.860. The van der Waals surface area contributed by atoms with Crippen LogP contribution in [0, 0.1) is 5.92 Å². The van der Waals surface area contributed by atoms with Gasteiger partial charge in [-0.15, -0.1) is 0 Å². The van der Waals surface area contributed by atoms with Crippen molar-refractivity contribution in [1.82, 2.24) is 15.0 Å². The summed E-state index contributed by atoms with van der Waals surface area (Å²) < 4.78 is 0. The van der Waals surface area contributed by atoms with Crippen LogP contribution in [0.15, 0.2) is 28.4 Å². The first-order chi connectivity index (χ1) is 11.6. The molecule has 1 saturated heterocycles. The maximum absolute atomic E-state index is 9.70. The van der Waals surface area contributed by atoms with Crippen LogP contribution in [0.3, 0.4) is 0 Å². The molecule has 1 fully saturated rings. The zero-order chi connectivity index (χ0) is 17.1. The molecule has 1 aliphatic rings. The Balaban J connectivity index is 1.82.